The van der Waals surface area contributed by atoms with Crippen molar-refractivity contribution < 1.29 is 33.5 Å². The van der Waals surface area contributed by atoms with Crippen LogP contribution in [0.15, 0.2) is 15.8 Å². The number of aliphatic hydroxyl groups is 1. The SMILES string of the molecule is CCCCCCNC(=O)NCC#Cc1cn([C@H]2C[C@H](O)[C@@H](COP(=O)([O-])[O-])O2)c(=O)[nH]c1=O. The van der Waals surface area contributed by atoms with Crippen LogP contribution in [-0.4, -0.2) is 52.6 Å². The number of aromatic amines is 1. The Balaban J connectivity index is 1.95. The summed E-state index contributed by atoms with van der Waals surface area (Å²) in [6.45, 7) is 1.89. The molecule has 4 N–H and O–H groups in total. The Hall–Kier alpha value is -2.46. The van der Waals surface area contributed by atoms with Crippen molar-refractivity contribution >= 4 is 13.9 Å². The van der Waals surface area contributed by atoms with Crippen molar-refractivity contribution in [2.45, 2.75) is 57.5 Å². The number of aromatic nitrogens is 2. The summed E-state index contributed by atoms with van der Waals surface area (Å²) >= 11 is 0. The number of carbonyl (C=O) groups is 1. The van der Waals surface area contributed by atoms with Gasteiger partial charge in [0.05, 0.1) is 27.1 Å². The van der Waals surface area contributed by atoms with Crippen LogP contribution >= 0.6 is 7.82 Å². The first kappa shape index (κ1) is 26.8. The van der Waals surface area contributed by atoms with Gasteiger partial charge in [-0.15, -0.1) is 0 Å². The van der Waals surface area contributed by atoms with Crippen molar-refractivity contribution in [2.75, 3.05) is 19.7 Å². The van der Waals surface area contributed by atoms with Crippen molar-refractivity contribution in [3.63, 3.8) is 0 Å². The Morgan fingerprint density at radius 2 is 2.12 bits per heavy atom. The van der Waals surface area contributed by atoms with Crippen molar-refractivity contribution in [2.24, 2.45) is 0 Å². The smallest absolute Gasteiger partial charge is 0.330 e. The van der Waals surface area contributed by atoms with Crippen LogP contribution in [0.3, 0.4) is 0 Å². The van der Waals surface area contributed by atoms with E-state index in [1.54, 1.807) is 0 Å². The lowest BCUT2D eigenvalue weighted by molar-refractivity contribution is -0.343. The number of ether oxygens (including phenoxy) is 1. The first-order chi connectivity index (χ1) is 15.6. The average molecular weight is 486 g/mol. The van der Waals surface area contributed by atoms with E-state index in [9.17, 15) is 33.8 Å². The molecular formula is C19H27N4O9P-2. The van der Waals surface area contributed by atoms with Gasteiger partial charge in [0.2, 0.25) is 0 Å². The minimum absolute atomic E-state index is 0.0398. The van der Waals surface area contributed by atoms with E-state index in [2.05, 4.69) is 38.9 Å². The Kier molecular flexibility index (Phi) is 10.3. The number of nitrogens with zero attached hydrogens (tertiary/aromatic N) is 1. The van der Waals surface area contributed by atoms with E-state index < -0.39 is 44.1 Å². The van der Waals surface area contributed by atoms with Crippen LogP contribution < -0.4 is 31.7 Å². The second kappa shape index (κ2) is 12.7. The molecule has 3 atom stereocenters. The molecule has 0 aliphatic carbocycles. The van der Waals surface area contributed by atoms with Crippen LogP contribution in [0.25, 0.3) is 0 Å². The quantitative estimate of drug-likeness (QED) is 0.168. The Morgan fingerprint density at radius 1 is 1.36 bits per heavy atom. The molecule has 14 heteroatoms. The van der Waals surface area contributed by atoms with E-state index in [0.717, 1.165) is 36.4 Å². The van der Waals surface area contributed by atoms with Crippen molar-refractivity contribution in [1.29, 1.82) is 0 Å². The van der Waals surface area contributed by atoms with Gasteiger partial charge in [0.15, 0.2) is 0 Å². The number of hydrogen-bond donors (Lipinski definition) is 4. The molecule has 0 spiro atoms. The normalized spacial score (nSPS) is 20.2. The van der Waals surface area contributed by atoms with Gasteiger partial charge in [0, 0.05) is 19.2 Å². The van der Waals surface area contributed by atoms with E-state index in [1.165, 1.54) is 0 Å². The number of unbranched alkanes of at least 4 members (excludes halogenated alkanes) is 3. The molecule has 184 valence electrons. The maximum absolute atomic E-state index is 12.2. The molecule has 1 aliphatic rings. The number of hydrogen-bond acceptors (Lipinski definition) is 9. The molecule has 1 saturated heterocycles. The zero-order chi connectivity index (χ0) is 24.4. The molecule has 0 unspecified atom stereocenters. The molecule has 2 amide bonds. The van der Waals surface area contributed by atoms with Crippen LogP contribution in [-0.2, 0) is 13.8 Å². The summed E-state index contributed by atoms with van der Waals surface area (Å²) in [5.41, 5.74) is -1.66. The van der Waals surface area contributed by atoms with E-state index in [-0.39, 0.29) is 24.6 Å². The molecule has 0 radical (unpaired) electrons. The largest absolute Gasteiger partial charge is 0.790 e. The van der Waals surface area contributed by atoms with Gasteiger partial charge in [-0.3, -0.25) is 14.3 Å². The van der Waals surface area contributed by atoms with Gasteiger partial charge >= 0.3 is 11.7 Å². The van der Waals surface area contributed by atoms with Gasteiger partial charge in [-0.05, 0) is 6.42 Å². The number of carbonyl (C=O) groups excluding carboxylic acids is 1. The highest BCUT2D eigenvalue weighted by Gasteiger charge is 2.36. The summed E-state index contributed by atoms with van der Waals surface area (Å²) < 4.78 is 21.1. The highest BCUT2D eigenvalue weighted by Crippen LogP contribution is 2.31. The summed E-state index contributed by atoms with van der Waals surface area (Å²) in [5, 5.41) is 15.2. The monoisotopic (exact) mass is 486 g/mol. The number of H-pyrrole nitrogens is 1. The standard InChI is InChI=1S/C19H29N4O9P/c1-2-3-4-5-8-20-18(26)21-9-6-7-13-11-23(19(27)22-17(13)25)16-10-14(24)15(32-16)12-31-33(28,29)30/h11,14-16,24H,2-5,8-10,12H2,1H3,(H2,20,21,26)(H,22,25,27)(H2,28,29,30)/p-2/t14-,15+,16+/m0/s1. The molecule has 33 heavy (non-hydrogen) atoms. The van der Waals surface area contributed by atoms with Crippen LogP contribution in [0.5, 0.6) is 0 Å². The Bertz CT molecular complexity index is 1020. The highest BCUT2D eigenvalue weighted by atomic mass is 31.2. The highest BCUT2D eigenvalue weighted by molar-refractivity contribution is 7.43. The zero-order valence-corrected chi connectivity index (χ0v) is 19.0. The van der Waals surface area contributed by atoms with Gasteiger partial charge in [-0.1, -0.05) is 38.0 Å². The lowest BCUT2D eigenvalue weighted by atomic mass is 10.2. The molecule has 1 aromatic rings. The first-order valence-corrected chi connectivity index (χ1v) is 11.9. The van der Waals surface area contributed by atoms with Gasteiger partial charge in [0.1, 0.15) is 17.9 Å². The van der Waals surface area contributed by atoms with Crippen LogP contribution in [0, 0.1) is 11.8 Å². The number of rotatable bonds is 10. The van der Waals surface area contributed by atoms with Crippen molar-refractivity contribution in [3.05, 3.63) is 32.6 Å². The number of nitrogens with one attached hydrogen (secondary N) is 3. The predicted molar refractivity (Wildman–Crippen MR) is 112 cm³/mol. The number of phosphoric acid groups is 1. The Labute approximate surface area is 189 Å². The summed E-state index contributed by atoms with van der Waals surface area (Å²) in [5.74, 6) is 5.16. The topological polar surface area (TPSA) is 198 Å². The number of urea groups is 1. The lowest BCUT2D eigenvalue weighted by Gasteiger charge is -2.30. The van der Waals surface area contributed by atoms with Gasteiger partial charge in [0.25, 0.3) is 5.56 Å². The zero-order valence-electron chi connectivity index (χ0n) is 18.1. The van der Waals surface area contributed by atoms with Gasteiger partial charge < -0.3 is 39.4 Å². The third-order valence-corrected chi connectivity index (χ3v) is 5.22. The van der Waals surface area contributed by atoms with E-state index in [4.69, 9.17) is 4.74 Å². The number of amides is 2. The molecular weight excluding hydrogens is 459 g/mol. The fourth-order valence-corrected chi connectivity index (χ4v) is 3.40. The molecule has 0 aromatic carbocycles. The molecule has 1 fully saturated rings. The molecule has 13 nitrogen and oxygen atoms in total. The average Bonchev–Trinajstić information content (AvgIpc) is 3.10. The third kappa shape index (κ3) is 9.13. The van der Waals surface area contributed by atoms with Gasteiger partial charge in [-0.25, -0.2) is 9.59 Å². The van der Waals surface area contributed by atoms with Crippen LogP contribution in [0.4, 0.5) is 4.79 Å². The van der Waals surface area contributed by atoms with Crippen LogP contribution in [0.1, 0.15) is 50.8 Å². The number of aliphatic hydroxyl groups excluding tert-OH is 1. The minimum atomic E-state index is -5.25. The third-order valence-electron chi connectivity index (χ3n) is 4.76. The van der Waals surface area contributed by atoms with E-state index in [1.807, 2.05) is 0 Å². The summed E-state index contributed by atoms with van der Waals surface area (Å²) in [7, 11) is -5.25. The van der Waals surface area contributed by atoms with E-state index in [0.29, 0.717) is 6.54 Å². The van der Waals surface area contributed by atoms with E-state index >= 15 is 0 Å². The maximum Gasteiger partial charge on any atom is 0.330 e. The summed E-state index contributed by atoms with van der Waals surface area (Å²) in [6.07, 6.45) is 1.71. The maximum atomic E-state index is 12.2. The molecule has 0 saturated carbocycles. The summed E-state index contributed by atoms with van der Waals surface area (Å²) in [4.78, 5) is 59.2. The van der Waals surface area contributed by atoms with Gasteiger partial charge in [-0.2, -0.15) is 0 Å². The fourth-order valence-electron chi connectivity index (χ4n) is 3.07. The number of phosphoric ester groups is 1. The fraction of sp³-hybridized carbons (Fsp3) is 0.632. The minimum Gasteiger partial charge on any atom is -0.790 e. The second-order valence-electron chi connectivity index (χ2n) is 7.36. The van der Waals surface area contributed by atoms with Crippen LogP contribution in [0.2, 0.25) is 0 Å². The lowest BCUT2D eigenvalue weighted by Crippen LogP contribution is -2.36. The molecule has 1 aromatic heterocycles. The van der Waals surface area contributed by atoms with Crippen molar-refractivity contribution in [3.8, 4) is 11.8 Å². The van der Waals surface area contributed by atoms with Crippen molar-refractivity contribution in [1.82, 2.24) is 20.2 Å². The molecule has 2 rings (SSSR count). The molecule has 0 bridgehead atoms. The first-order valence-electron chi connectivity index (χ1n) is 10.5. The Morgan fingerprint density at radius 3 is 2.82 bits per heavy atom. The predicted octanol–water partition coefficient (Wildman–Crippen LogP) is -1.74. The second-order valence-corrected chi connectivity index (χ2v) is 8.51. The molecule has 2 heterocycles. The molecule has 1 aliphatic heterocycles. The summed E-state index contributed by atoms with van der Waals surface area (Å²) in [6, 6.07) is -0.387.